The van der Waals surface area contributed by atoms with E-state index in [0.717, 1.165) is 17.3 Å². The molecule has 0 bridgehead atoms. The zero-order chi connectivity index (χ0) is 27.4. The van der Waals surface area contributed by atoms with Gasteiger partial charge in [-0.25, -0.2) is 4.79 Å². The molecule has 0 unspecified atom stereocenters. The number of hydrogen-bond donors (Lipinski definition) is 1. The summed E-state index contributed by atoms with van der Waals surface area (Å²) >= 11 is 3.28. The van der Waals surface area contributed by atoms with Crippen LogP contribution in [0.25, 0.3) is 0 Å². The van der Waals surface area contributed by atoms with Gasteiger partial charge in [-0.1, -0.05) is 35.4 Å². The summed E-state index contributed by atoms with van der Waals surface area (Å²) in [6, 6.07) is 6.08. The Kier molecular flexibility index (Phi) is 9.57. The average molecular weight is 600 g/mol. The molecule has 11 heteroatoms. The van der Waals surface area contributed by atoms with E-state index >= 15 is 0 Å². The third-order valence-corrected chi connectivity index (χ3v) is 9.14. The number of amides is 2. The summed E-state index contributed by atoms with van der Waals surface area (Å²) in [5.74, 6) is -3.05. The molecule has 0 aliphatic heterocycles. The normalized spacial score (nSPS) is 27.1. The van der Waals surface area contributed by atoms with E-state index in [9.17, 15) is 22.8 Å². The highest BCUT2D eigenvalue weighted by atomic mass is 79.9. The lowest BCUT2D eigenvalue weighted by Gasteiger charge is -2.36. The van der Waals surface area contributed by atoms with E-state index in [0.29, 0.717) is 19.4 Å². The molecule has 2 amide bonds. The summed E-state index contributed by atoms with van der Waals surface area (Å²) in [6.07, 6.45) is 3.51. The summed E-state index contributed by atoms with van der Waals surface area (Å²) in [7, 11) is -1.12. The average Bonchev–Trinajstić information content (AvgIpc) is 3.60. The molecule has 9 nitrogen and oxygen atoms in total. The van der Waals surface area contributed by atoms with Gasteiger partial charge in [0.2, 0.25) is 11.8 Å². The van der Waals surface area contributed by atoms with Gasteiger partial charge in [-0.05, 0) is 56.4 Å². The highest BCUT2D eigenvalue weighted by molar-refractivity contribution is 9.10. The van der Waals surface area contributed by atoms with Gasteiger partial charge in [-0.2, -0.15) is 8.42 Å². The van der Waals surface area contributed by atoms with Crippen LogP contribution in [0.4, 0.5) is 0 Å². The number of carbonyl (C=O) groups is 3. The molecule has 0 aromatic heterocycles. The number of ether oxygens (including phenoxy) is 1. The molecule has 204 valence electrons. The Bertz CT molecular complexity index is 1120. The van der Waals surface area contributed by atoms with Crippen molar-refractivity contribution in [2.75, 3.05) is 20.7 Å². The molecule has 3 rings (SSSR count). The summed E-state index contributed by atoms with van der Waals surface area (Å²) in [6.45, 7) is 6.31. The highest BCUT2D eigenvalue weighted by Gasteiger charge is 2.61. The first-order chi connectivity index (χ1) is 17.5. The van der Waals surface area contributed by atoms with Crippen molar-refractivity contribution in [3.63, 3.8) is 0 Å². The SMILES string of the molecule is C=C[C@@H]1C[C@]1(NC(=O)[C@@H]1C[C@H](OS(=O)(=O)c2ccc(Br)cc2)CC[C@H]1C(=O)N(C)CCCC)C(=O)OC. The number of hydrogen-bond acceptors (Lipinski definition) is 7. The van der Waals surface area contributed by atoms with Crippen molar-refractivity contribution >= 4 is 43.8 Å². The fourth-order valence-corrected chi connectivity index (χ4v) is 6.30. The number of halogens is 1. The van der Waals surface area contributed by atoms with Gasteiger partial charge in [0.25, 0.3) is 10.1 Å². The Labute approximate surface area is 227 Å². The Morgan fingerprint density at radius 2 is 1.89 bits per heavy atom. The minimum Gasteiger partial charge on any atom is -0.467 e. The van der Waals surface area contributed by atoms with Gasteiger partial charge in [0.05, 0.1) is 24.0 Å². The van der Waals surface area contributed by atoms with E-state index < -0.39 is 45.5 Å². The maximum atomic E-state index is 13.6. The fraction of sp³-hybridized carbons (Fsp3) is 0.577. The summed E-state index contributed by atoms with van der Waals surface area (Å²) < 4.78 is 37.0. The van der Waals surface area contributed by atoms with Crippen molar-refractivity contribution in [2.24, 2.45) is 17.8 Å². The Hall–Kier alpha value is -2.24. The summed E-state index contributed by atoms with van der Waals surface area (Å²) in [5, 5.41) is 2.81. The zero-order valence-corrected chi connectivity index (χ0v) is 23.8. The standard InChI is InChI=1S/C26H35BrN2O7S/c1-5-7-14-29(3)24(31)21-13-10-19(36-37(33,34)20-11-8-18(27)9-12-20)15-22(21)23(30)28-26(25(32)35-4)16-17(26)6-2/h6,8-9,11-12,17,19,21-22H,2,5,7,10,13-16H2,1,3-4H3,(H,28,30)/t17-,19-,21-,22-,26-/m1/s1. The van der Waals surface area contributed by atoms with Gasteiger partial charge < -0.3 is 15.0 Å². The van der Waals surface area contributed by atoms with Crippen LogP contribution in [0.2, 0.25) is 0 Å². The van der Waals surface area contributed by atoms with Crippen molar-refractivity contribution in [2.45, 2.75) is 62.0 Å². The van der Waals surface area contributed by atoms with Crippen LogP contribution in [-0.2, 0) is 33.4 Å². The monoisotopic (exact) mass is 598 g/mol. The van der Waals surface area contributed by atoms with Crippen LogP contribution in [-0.4, -0.2) is 63.4 Å². The molecule has 2 aliphatic rings. The smallest absolute Gasteiger partial charge is 0.332 e. The minimum atomic E-state index is -4.08. The third kappa shape index (κ3) is 6.61. The van der Waals surface area contributed by atoms with Gasteiger partial charge in [0, 0.05) is 29.9 Å². The number of carbonyl (C=O) groups excluding carboxylic acids is 3. The number of rotatable bonds is 11. The second kappa shape index (κ2) is 12.1. The van der Waals surface area contributed by atoms with Crippen molar-refractivity contribution < 1.29 is 31.7 Å². The van der Waals surface area contributed by atoms with Crippen LogP contribution in [0.3, 0.4) is 0 Å². The molecule has 2 fully saturated rings. The number of esters is 1. The molecule has 37 heavy (non-hydrogen) atoms. The maximum Gasteiger partial charge on any atom is 0.332 e. The van der Waals surface area contributed by atoms with Crippen LogP contribution in [0.15, 0.2) is 46.3 Å². The van der Waals surface area contributed by atoms with E-state index in [1.54, 1.807) is 30.2 Å². The van der Waals surface area contributed by atoms with Crippen LogP contribution < -0.4 is 5.32 Å². The number of benzene rings is 1. The van der Waals surface area contributed by atoms with Gasteiger partial charge in [0.15, 0.2) is 0 Å². The minimum absolute atomic E-state index is 0.00523. The van der Waals surface area contributed by atoms with Gasteiger partial charge >= 0.3 is 5.97 Å². The van der Waals surface area contributed by atoms with Gasteiger partial charge in [-0.3, -0.25) is 13.8 Å². The first kappa shape index (κ1) is 29.3. The predicted molar refractivity (Wildman–Crippen MR) is 141 cm³/mol. The lowest BCUT2D eigenvalue weighted by Crippen LogP contribution is -2.52. The zero-order valence-electron chi connectivity index (χ0n) is 21.4. The lowest BCUT2D eigenvalue weighted by molar-refractivity contribution is -0.149. The molecule has 2 saturated carbocycles. The van der Waals surface area contributed by atoms with Crippen LogP contribution >= 0.6 is 15.9 Å². The molecule has 1 aromatic carbocycles. The molecular weight excluding hydrogens is 564 g/mol. The molecule has 1 aromatic rings. The van der Waals surface area contributed by atoms with E-state index in [4.69, 9.17) is 8.92 Å². The van der Waals surface area contributed by atoms with Gasteiger partial charge in [-0.15, -0.1) is 6.58 Å². The second-order valence-electron chi connectivity index (χ2n) is 9.76. The molecule has 0 saturated heterocycles. The molecule has 0 spiro atoms. The summed E-state index contributed by atoms with van der Waals surface area (Å²) in [5.41, 5.74) is -1.22. The predicted octanol–water partition coefficient (Wildman–Crippen LogP) is 3.43. The molecular formula is C26H35BrN2O7S. The van der Waals surface area contributed by atoms with E-state index in [1.807, 2.05) is 6.92 Å². The van der Waals surface area contributed by atoms with E-state index in [-0.39, 0.29) is 29.6 Å². The Morgan fingerprint density at radius 3 is 2.46 bits per heavy atom. The van der Waals surface area contributed by atoms with Crippen molar-refractivity contribution in [1.29, 1.82) is 0 Å². The highest BCUT2D eigenvalue weighted by Crippen LogP contribution is 2.46. The van der Waals surface area contributed by atoms with Crippen molar-refractivity contribution in [3.8, 4) is 0 Å². The Morgan fingerprint density at radius 1 is 1.22 bits per heavy atom. The van der Waals surface area contributed by atoms with E-state index in [2.05, 4.69) is 27.8 Å². The van der Waals surface area contributed by atoms with Gasteiger partial charge in [0.1, 0.15) is 5.54 Å². The molecule has 0 radical (unpaired) electrons. The molecule has 0 heterocycles. The molecule has 2 aliphatic carbocycles. The van der Waals surface area contributed by atoms with Crippen molar-refractivity contribution in [1.82, 2.24) is 10.2 Å². The van der Waals surface area contributed by atoms with Crippen LogP contribution in [0, 0.1) is 17.8 Å². The fourth-order valence-electron chi connectivity index (χ4n) is 4.93. The van der Waals surface area contributed by atoms with Crippen LogP contribution in [0.5, 0.6) is 0 Å². The quantitative estimate of drug-likeness (QED) is 0.235. The molecule has 1 N–H and O–H groups in total. The maximum absolute atomic E-state index is 13.6. The number of methoxy groups -OCH3 is 1. The number of nitrogens with one attached hydrogen (secondary N) is 1. The number of unbranched alkanes of at least 4 members (excludes halogenated alkanes) is 1. The van der Waals surface area contributed by atoms with E-state index in [1.165, 1.54) is 19.2 Å². The first-order valence-corrected chi connectivity index (χ1v) is 14.7. The number of nitrogens with zero attached hydrogens (tertiary/aromatic N) is 1. The first-order valence-electron chi connectivity index (χ1n) is 12.5. The van der Waals surface area contributed by atoms with Crippen LogP contribution in [0.1, 0.15) is 45.4 Å². The Balaban J connectivity index is 1.83. The topological polar surface area (TPSA) is 119 Å². The molecule has 5 atom stereocenters. The summed E-state index contributed by atoms with van der Waals surface area (Å²) in [4.78, 5) is 41.0. The second-order valence-corrected chi connectivity index (χ2v) is 12.3. The third-order valence-electron chi connectivity index (χ3n) is 7.24. The largest absolute Gasteiger partial charge is 0.467 e. The lowest BCUT2D eigenvalue weighted by atomic mass is 9.76. The van der Waals surface area contributed by atoms with Crippen molar-refractivity contribution in [3.05, 3.63) is 41.4 Å².